The number of carbonyl (C=O) groups excluding carboxylic acids is 6. The number of aliphatic hydroxyl groups is 1. The summed E-state index contributed by atoms with van der Waals surface area (Å²) >= 11 is 0. The Bertz CT molecular complexity index is 1390. The molecule has 0 spiro atoms. The number of hydrogen-bond acceptors (Lipinski definition) is 7. The smallest absolute Gasteiger partial charge is 0.407 e. The molecule has 4 aliphatic rings. The minimum absolute atomic E-state index is 0.00220. The van der Waals surface area contributed by atoms with Crippen LogP contribution in [0, 0.1) is 28.6 Å². The molecular weight excluding hydrogens is 680 g/mol. The van der Waals surface area contributed by atoms with Crippen LogP contribution in [0.4, 0.5) is 4.79 Å². The fourth-order valence-corrected chi connectivity index (χ4v) is 8.35. The molecule has 0 aromatic heterocycles. The second-order valence-corrected chi connectivity index (χ2v) is 17.9. The summed E-state index contributed by atoms with van der Waals surface area (Å²) in [6, 6.07) is -4.67. The molecule has 3 saturated carbocycles. The van der Waals surface area contributed by atoms with E-state index in [0.717, 1.165) is 64.2 Å². The van der Waals surface area contributed by atoms with Crippen molar-refractivity contribution in [2.45, 2.75) is 162 Å². The van der Waals surface area contributed by atoms with Gasteiger partial charge in [0, 0.05) is 18.5 Å². The molecule has 4 fully saturated rings. The molecule has 7 atom stereocenters. The number of methoxy groups -OCH3 is 1. The van der Waals surface area contributed by atoms with Crippen molar-refractivity contribution in [3.05, 3.63) is 0 Å². The number of rotatable bonds is 14. The first-order valence-corrected chi connectivity index (χ1v) is 19.8. The molecule has 53 heavy (non-hydrogen) atoms. The zero-order valence-electron chi connectivity index (χ0n) is 33.1. The van der Waals surface area contributed by atoms with Crippen LogP contribution in [0.2, 0.25) is 0 Å². The van der Waals surface area contributed by atoms with Crippen LogP contribution < -0.4 is 26.3 Å². The number of nitrogens with zero attached hydrogens (tertiary/aromatic N) is 1. The molecule has 298 valence electrons. The predicted octanol–water partition coefficient (Wildman–Crippen LogP) is 2.03. The maximum atomic E-state index is 14.7. The summed E-state index contributed by atoms with van der Waals surface area (Å²) in [6.45, 7) is 13.3. The van der Waals surface area contributed by atoms with Crippen LogP contribution in [0.3, 0.4) is 0 Å². The van der Waals surface area contributed by atoms with Gasteiger partial charge in [0.15, 0.2) is 6.04 Å². The molecule has 1 heterocycles. The molecule has 14 heteroatoms. The Hall–Kier alpha value is -3.71. The molecule has 4 rings (SSSR count). The van der Waals surface area contributed by atoms with E-state index in [1.165, 1.54) is 7.11 Å². The van der Waals surface area contributed by atoms with E-state index in [4.69, 9.17) is 4.74 Å². The van der Waals surface area contributed by atoms with Gasteiger partial charge in [0.1, 0.15) is 12.1 Å². The van der Waals surface area contributed by atoms with E-state index in [9.17, 15) is 33.9 Å². The van der Waals surface area contributed by atoms with Gasteiger partial charge in [0.25, 0.3) is 11.8 Å². The van der Waals surface area contributed by atoms with E-state index < -0.39 is 70.6 Å². The largest absolute Gasteiger partial charge is 0.462 e. The highest BCUT2D eigenvalue weighted by Gasteiger charge is 2.53. The SMILES string of the molecule is CCC[C@H](NC(=O)C1[C@H]2CCC[C@H]2CN1C(=O)[C@@H](NC(=O)[C@@H]([NH+]=C(O)[C@H](NC(=O)OC)C(C)(C)C)C1CCCCC1)C(C)(C)C)C(=O)C(=O)NC1CC1. The van der Waals surface area contributed by atoms with Crippen molar-refractivity contribution >= 4 is 41.4 Å². The third-order valence-corrected chi connectivity index (χ3v) is 11.5. The molecule has 0 aromatic carbocycles. The second kappa shape index (κ2) is 17.6. The quantitative estimate of drug-likeness (QED) is 0.0883. The highest BCUT2D eigenvalue weighted by Crippen LogP contribution is 2.43. The van der Waals surface area contributed by atoms with Crippen LogP contribution in [0.15, 0.2) is 0 Å². The Balaban J connectivity index is 1.61. The number of amides is 5. The third kappa shape index (κ3) is 10.7. The molecule has 14 nitrogen and oxygen atoms in total. The maximum Gasteiger partial charge on any atom is 0.407 e. The van der Waals surface area contributed by atoms with Crippen LogP contribution in [0.5, 0.6) is 0 Å². The van der Waals surface area contributed by atoms with Gasteiger partial charge in [-0.1, -0.05) is 80.6 Å². The monoisotopic (exact) mass is 745 g/mol. The number of ketones is 1. The number of ether oxygens (including phenoxy) is 1. The lowest BCUT2D eigenvalue weighted by Gasteiger charge is -2.37. The Kier molecular flexibility index (Phi) is 14.0. The zero-order chi connectivity index (χ0) is 39.2. The summed E-state index contributed by atoms with van der Waals surface area (Å²) < 4.78 is 4.80. The standard InChI is InChI=1S/C39H64N6O8/c1-9-14-26(29(46)34(49)40-24-19-20-24)41-33(48)28-25-18-13-17-23(25)21-45(28)36(51)31(39(5,6)7)43-32(47)27(22-15-11-10-12-16-22)42-35(50)30(38(2,3)4)44-37(52)53-8/h22-28,30-31H,9-21H2,1-8H3,(H,40,49)(H,41,48)(H,42,50)(H,43,47)(H,44,52)/p+1/t23-,25-,26-,27-,28?,30-,31+/m0/s1. The van der Waals surface area contributed by atoms with E-state index in [-0.39, 0.29) is 35.6 Å². The fourth-order valence-electron chi connectivity index (χ4n) is 8.35. The summed E-state index contributed by atoms with van der Waals surface area (Å²) in [5, 5.41) is 22.7. The van der Waals surface area contributed by atoms with Gasteiger partial charge in [0.2, 0.25) is 23.6 Å². The first kappa shape index (κ1) is 42.0. The molecule has 5 amide bonds. The number of fused-ring (bicyclic) bond motifs is 1. The van der Waals surface area contributed by atoms with Gasteiger partial charge in [-0.3, -0.25) is 24.0 Å². The van der Waals surface area contributed by atoms with Gasteiger partial charge >= 0.3 is 12.0 Å². The van der Waals surface area contributed by atoms with Crippen LogP contribution >= 0.6 is 0 Å². The number of carbonyl (C=O) groups is 6. The van der Waals surface area contributed by atoms with Crippen molar-refractivity contribution in [1.82, 2.24) is 26.2 Å². The minimum Gasteiger partial charge on any atom is -0.462 e. The van der Waals surface area contributed by atoms with E-state index >= 15 is 0 Å². The molecule has 1 unspecified atom stereocenters. The minimum atomic E-state index is -1.02. The number of Topliss-reactive ketones (excluding diaryl/α,β-unsaturated/α-hetero) is 1. The van der Waals surface area contributed by atoms with Crippen LogP contribution in [-0.2, 0) is 28.7 Å². The Morgan fingerprint density at radius 3 is 2.04 bits per heavy atom. The first-order valence-electron chi connectivity index (χ1n) is 19.8. The van der Waals surface area contributed by atoms with E-state index in [0.29, 0.717) is 19.4 Å². The number of nitrogens with one attached hydrogen (secondary N) is 5. The highest BCUT2D eigenvalue weighted by atomic mass is 16.5. The van der Waals surface area contributed by atoms with Gasteiger partial charge in [-0.2, -0.15) is 0 Å². The number of likely N-dealkylation sites (tertiary alicyclic amines) is 1. The summed E-state index contributed by atoms with van der Waals surface area (Å²) in [4.78, 5) is 86.0. The summed E-state index contributed by atoms with van der Waals surface area (Å²) in [5.41, 5.74) is -1.41. The average Bonchev–Trinajstić information content (AvgIpc) is 3.66. The van der Waals surface area contributed by atoms with Gasteiger partial charge in [-0.05, 0) is 67.6 Å². The average molecular weight is 746 g/mol. The number of hydrogen-bond donors (Lipinski definition) is 6. The van der Waals surface area contributed by atoms with Gasteiger partial charge < -0.3 is 36.0 Å². The van der Waals surface area contributed by atoms with Crippen molar-refractivity contribution in [3.63, 3.8) is 0 Å². The second-order valence-electron chi connectivity index (χ2n) is 17.9. The lowest BCUT2D eigenvalue weighted by molar-refractivity contribution is -0.509. The van der Waals surface area contributed by atoms with Gasteiger partial charge in [0.05, 0.1) is 13.2 Å². The molecule has 1 aliphatic heterocycles. The van der Waals surface area contributed by atoms with Gasteiger partial charge in [-0.15, -0.1) is 0 Å². The van der Waals surface area contributed by atoms with E-state index in [1.54, 1.807) is 4.90 Å². The molecule has 0 bridgehead atoms. The summed E-state index contributed by atoms with van der Waals surface area (Å²) in [6.07, 6.45) is 8.70. The highest BCUT2D eigenvalue weighted by molar-refractivity contribution is 6.38. The van der Waals surface area contributed by atoms with Crippen molar-refractivity contribution in [2.75, 3.05) is 13.7 Å². The number of alkyl carbamates (subject to hydrolysis) is 1. The Labute approximate surface area is 314 Å². The lowest BCUT2D eigenvalue weighted by atomic mass is 9.82. The fraction of sp³-hybridized carbons (Fsp3) is 0.821. The molecule has 0 radical (unpaired) electrons. The maximum absolute atomic E-state index is 14.7. The summed E-state index contributed by atoms with van der Waals surface area (Å²) in [7, 11) is 1.24. The third-order valence-electron chi connectivity index (χ3n) is 11.5. The Morgan fingerprint density at radius 2 is 1.47 bits per heavy atom. The predicted molar refractivity (Wildman–Crippen MR) is 198 cm³/mol. The normalized spacial score (nSPS) is 24.6. The molecule has 6 N–H and O–H groups in total. The van der Waals surface area contributed by atoms with Crippen LogP contribution in [0.25, 0.3) is 0 Å². The van der Waals surface area contributed by atoms with Crippen molar-refractivity contribution in [1.29, 1.82) is 0 Å². The van der Waals surface area contributed by atoms with Gasteiger partial charge in [-0.25, -0.2) is 9.79 Å². The van der Waals surface area contributed by atoms with Crippen molar-refractivity contribution in [3.8, 4) is 0 Å². The topological polar surface area (TPSA) is 197 Å². The van der Waals surface area contributed by atoms with Crippen LogP contribution in [-0.4, -0.2) is 101 Å². The Morgan fingerprint density at radius 1 is 0.830 bits per heavy atom. The molecular formula is C39H65N6O8+. The summed E-state index contributed by atoms with van der Waals surface area (Å²) in [5.74, 6) is -3.10. The molecule has 1 saturated heterocycles. The van der Waals surface area contributed by atoms with Crippen LogP contribution in [0.1, 0.15) is 126 Å². The van der Waals surface area contributed by atoms with E-state index in [1.807, 2.05) is 48.5 Å². The van der Waals surface area contributed by atoms with Crippen molar-refractivity contribution < 1.29 is 43.6 Å². The number of aliphatic hydroxyl groups excluding tert-OH is 1. The molecule has 0 aromatic rings. The zero-order valence-corrected chi connectivity index (χ0v) is 33.1. The lowest BCUT2D eigenvalue weighted by Crippen LogP contribution is -2.88. The molecule has 3 aliphatic carbocycles. The van der Waals surface area contributed by atoms with Crippen molar-refractivity contribution in [2.24, 2.45) is 28.6 Å². The van der Waals surface area contributed by atoms with E-state index in [2.05, 4.69) is 26.3 Å². The first-order chi connectivity index (χ1) is 24.9.